The number of nitrogens with zero attached hydrogens (tertiary/aromatic N) is 2. The Morgan fingerprint density at radius 2 is 2.05 bits per heavy atom. The van der Waals surface area contributed by atoms with Crippen molar-refractivity contribution in [1.82, 2.24) is 4.90 Å². The number of likely N-dealkylation sites (N-methyl/N-ethyl adjacent to an activating group) is 1. The highest BCUT2D eigenvalue weighted by Gasteiger charge is 2.19. The zero-order chi connectivity index (χ0) is 13.8. The van der Waals surface area contributed by atoms with Gasteiger partial charge >= 0.3 is 0 Å². The summed E-state index contributed by atoms with van der Waals surface area (Å²) in [5.74, 6) is 0.171. The second-order valence-corrected chi connectivity index (χ2v) is 5.23. The predicted molar refractivity (Wildman–Crippen MR) is 76.2 cm³/mol. The lowest BCUT2D eigenvalue weighted by molar-refractivity contribution is -0.128. The van der Waals surface area contributed by atoms with E-state index in [1.807, 2.05) is 42.0 Å². The van der Waals surface area contributed by atoms with Crippen LogP contribution in [0.15, 0.2) is 18.2 Å². The lowest BCUT2D eigenvalue weighted by Gasteiger charge is -2.24. The van der Waals surface area contributed by atoms with Crippen molar-refractivity contribution in [2.24, 2.45) is 0 Å². The third kappa shape index (κ3) is 3.26. The molecule has 1 N–H and O–H groups in total. The third-order valence-corrected chi connectivity index (χ3v) is 3.65. The molecule has 0 aliphatic carbocycles. The number of anilines is 1. The predicted octanol–water partition coefficient (Wildman–Crippen LogP) is 1.55. The molecule has 1 fully saturated rings. The zero-order valence-electron chi connectivity index (χ0n) is 11.7. The average Bonchev–Trinajstić information content (AvgIpc) is 2.92. The van der Waals surface area contributed by atoms with E-state index < -0.39 is 0 Å². The Kier molecular flexibility index (Phi) is 4.43. The van der Waals surface area contributed by atoms with Crippen molar-refractivity contribution < 1.29 is 9.90 Å². The first-order valence-electron chi connectivity index (χ1n) is 6.81. The van der Waals surface area contributed by atoms with E-state index in [2.05, 4.69) is 0 Å². The van der Waals surface area contributed by atoms with Gasteiger partial charge in [-0.3, -0.25) is 4.79 Å². The van der Waals surface area contributed by atoms with Crippen molar-refractivity contribution >= 4 is 11.6 Å². The van der Waals surface area contributed by atoms with Gasteiger partial charge in [-0.05, 0) is 25.8 Å². The number of amides is 1. The number of aliphatic hydroxyl groups excluding tert-OH is 1. The maximum atomic E-state index is 12.1. The number of aliphatic hydroxyl groups is 1. The van der Waals surface area contributed by atoms with Crippen LogP contribution in [0.2, 0.25) is 0 Å². The molecule has 0 atom stereocenters. The first-order valence-corrected chi connectivity index (χ1v) is 6.81. The van der Waals surface area contributed by atoms with E-state index in [9.17, 15) is 9.90 Å². The van der Waals surface area contributed by atoms with Gasteiger partial charge in [0.2, 0.25) is 5.91 Å². The molecule has 1 aromatic carbocycles. The highest BCUT2D eigenvalue weighted by molar-refractivity contribution is 5.82. The molecule has 0 saturated carbocycles. The fraction of sp³-hybridized carbons (Fsp3) is 0.533. The molecular formula is C15H22N2O2. The topological polar surface area (TPSA) is 43.8 Å². The second kappa shape index (κ2) is 6.06. The number of rotatable bonds is 4. The van der Waals surface area contributed by atoms with Gasteiger partial charge in [-0.2, -0.15) is 0 Å². The molecule has 19 heavy (non-hydrogen) atoms. The fourth-order valence-electron chi connectivity index (χ4n) is 2.57. The van der Waals surface area contributed by atoms with Gasteiger partial charge in [0.1, 0.15) is 0 Å². The van der Waals surface area contributed by atoms with Crippen LogP contribution in [0.5, 0.6) is 0 Å². The lowest BCUT2D eigenvalue weighted by Crippen LogP contribution is -2.37. The minimum atomic E-state index is -0.000736. The van der Waals surface area contributed by atoms with E-state index in [-0.39, 0.29) is 12.5 Å². The van der Waals surface area contributed by atoms with Crippen molar-refractivity contribution in [3.63, 3.8) is 0 Å². The summed E-state index contributed by atoms with van der Waals surface area (Å²) in [7, 11) is 1.90. The summed E-state index contributed by atoms with van der Waals surface area (Å²) in [5.41, 5.74) is 2.92. The largest absolute Gasteiger partial charge is 0.392 e. The number of hydrogen-bond acceptors (Lipinski definition) is 3. The summed E-state index contributed by atoms with van der Waals surface area (Å²) in [4.78, 5) is 16.0. The molecule has 0 unspecified atom stereocenters. The van der Waals surface area contributed by atoms with E-state index >= 15 is 0 Å². The van der Waals surface area contributed by atoms with Crippen LogP contribution in [0.3, 0.4) is 0 Å². The summed E-state index contributed by atoms with van der Waals surface area (Å²) in [5, 5.41) is 9.42. The Hall–Kier alpha value is -1.55. The van der Waals surface area contributed by atoms with Gasteiger partial charge in [0.05, 0.1) is 13.2 Å². The molecule has 0 aromatic heterocycles. The summed E-state index contributed by atoms with van der Waals surface area (Å²) in [6.07, 6.45) is 2.23. The smallest absolute Gasteiger partial charge is 0.242 e. The van der Waals surface area contributed by atoms with E-state index in [1.54, 1.807) is 0 Å². The number of carbonyl (C=O) groups excluding carboxylic acids is 1. The van der Waals surface area contributed by atoms with Crippen LogP contribution >= 0.6 is 0 Å². The fourth-order valence-corrected chi connectivity index (χ4v) is 2.57. The average molecular weight is 262 g/mol. The van der Waals surface area contributed by atoms with Crippen LogP contribution in [0, 0.1) is 6.92 Å². The van der Waals surface area contributed by atoms with E-state index in [1.165, 1.54) is 0 Å². The molecule has 2 rings (SSSR count). The van der Waals surface area contributed by atoms with E-state index in [0.29, 0.717) is 6.54 Å². The molecule has 0 bridgehead atoms. The van der Waals surface area contributed by atoms with Gasteiger partial charge in [0.25, 0.3) is 0 Å². The minimum Gasteiger partial charge on any atom is -0.392 e. The molecule has 1 saturated heterocycles. The molecule has 1 aromatic rings. The van der Waals surface area contributed by atoms with Crippen molar-refractivity contribution in [2.75, 3.05) is 31.6 Å². The molecule has 1 heterocycles. The molecule has 1 amide bonds. The van der Waals surface area contributed by atoms with Crippen molar-refractivity contribution in [2.45, 2.75) is 26.4 Å². The summed E-state index contributed by atoms with van der Waals surface area (Å²) in [6, 6.07) is 5.94. The number of aryl methyl sites for hydroxylation is 1. The highest BCUT2D eigenvalue weighted by atomic mass is 16.3. The van der Waals surface area contributed by atoms with Crippen molar-refractivity contribution in [1.29, 1.82) is 0 Å². The molecule has 1 aliphatic rings. The van der Waals surface area contributed by atoms with Gasteiger partial charge in [-0.1, -0.05) is 17.7 Å². The van der Waals surface area contributed by atoms with Crippen LogP contribution in [0.1, 0.15) is 24.0 Å². The Bertz CT molecular complexity index is 453. The standard InChI is InChI=1S/C15H22N2O2/c1-12-5-6-14(13(9-12)11-18)16(2)10-15(19)17-7-3-4-8-17/h5-6,9,18H,3-4,7-8,10-11H2,1-2H3. The number of benzene rings is 1. The summed E-state index contributed by atoms with van der Waals surface area (Å²) < 4.78 is 0. The van der Waals surface area contributed by atoms with Gasteiger partial charge in [-0.15, -0.1) is 0 Å². The molecule has 0 spiro atoms. The van der Waals surface area contributed by atoms with Crippen molar-refractivity contribution in [3.05, 3.63) is 29.3 Å². The summed E-state index contributed by atoms with van der Waals surface area (Å²) >= 11 is 0. The molecule has 4 nitrogen and oxygen atoms in total. The van der Waals surface area contributed by atoms with Crippen LogP contribution < -0.4 is 4.90 Å². The quantitative estimate of drug-likeness (QED) is 0.895. The highest BCUT2D eigenvalue weighted by Crippen LogP contribution is 2.21. The Balaban J connectivity index is 2.06. The Labute approximate surface area is 114 Å². The van der Waals surface area contributed by atoms with E-state index in [4.69, 9.17) is 0 Å². The lowest BCUT2D eigenvalue weighted by atomic mass is 10.1. The van der Waals surface area contributed by atoms with Crippen LogP contribution in [0.4, 0.5) is 5.69 Å². The summed E-state index contributed by atoms with van der Waals surface area (Å²) in [6.45, 7) is 4.13. The van der Waals surface area contributed by atoms with Gasteiger partial charge in [-0.25, -0.2) is 0 Å². The van der Waals surface area contributed by atoms with E-state index in [0.717, 1.165) is 42.7 Å². The zero-order valence-corrected chi connectivity index (χ0v) is 11.7. The molecule has 0 radical (unpaired) electrons. The normalized spacial score (nSPS) is 14.8. The number of hydrogen-bond donors (Lipinski definition) is 1. The third-order valence-electron chi connectivity index (χ3n) is 3.65. The first kappa shape index (κ1) is 13.9. The van der Waals surface area contributed by atoms with Crippen LogP contribution in [0.25, 0.3) is 0 Å². The molecule has 104 valence electrons. The van der Waals surface area contributed by atoms with Crippen molar-refractivity contribution in [3.8, 4) is 0 Å². The first-order chi connectivity index (χ1) is 9.11. The molecule has 1 aliphatic heterocycles. The Morgan fingerprint density at radius 1 is 1.37 bits per heavy atom. The maximum absolute atomic E-state index is 12.1. The Morgan fingerprint density at radius 3 is 2.68 bits per heavy atom. The maximum Gasteiger partial charge on any atom is 0.242 e. The van der Waals surface area contributed by atoms with Crippen LogP contribution in [-0.4, -0.2) is 42.6 Å². The van der Waals surface area contributed by atoms with Crippen LogP contribution in [-0.2, 0) is 11.4 Å². The minimum absolute atomic E-state index is 0.000736. The van der Waals surface area contributed by atoms with Gasteiger partial charge in [0, 0.05) is 31.4 Å². The SMILES string of the molecule is Cc1ccc(N(C)CC(=O)N2CCCC2)c(CO)c1. The van der Waals surface area contributed by atoms with Gasteiger partial charge < -0.3 is 14.9 Å². The molecule has 4 heteroatoms. The number of carbonyl (C=O) groups is 1. The molecular weight excluding hydrogens is 240 g/mol. The second-order valence-electron chi connectivity index (χ2n) is 5.23. The number of likely N-dealkylation sites (tertiary alicyclic amines) is 1. The monoisotopic (exact) mass is 262 g/mol. The van der Waals surface area contributed by atoms with Gasteiger partial charge in [0.15, 0.2) is 0 Å².